The Kier molecular flexibility index (Phi) is 4.07. The fraction of sp³-hybridized carbons (Fsp3) is 0.235. The molecule has 1 fully saturated rings. The number of carbonyl (C=O) groups excluding carboxylic acids is 1. The quantitative estimate of drug-likeness (QED) is 0.712. The van der Waals surface area contributed by atoms with E-state index in [0.29, 0.717) is 29.1 Å². The number of aromatic nitrogens is 4. The van der Waals surface area contributed by atoms with Crippen molar-refractivity contribution in [2.75, 3.05) is 5.32 Å². The second-order valence-corrected chi connectivity index (χ2v) is 5.79. The smallest absolute Gasteiger partial charge is 0.254 e. The van der Waals surface area contributed by atoms with Crippen LogP contribution >= 0.6 is 0 Å². The molecule has 1 aromatic carbocycles. The van der Waals surface area contributed by atoms with Gasteiger partial charge in [0.15, 0.2) is 5.82 Å². The summed E-state index contributed by atoms with van der Waals surface area (Å²) in [6, 6.07) is 9.57. The van der Waals surface area contributed by atoms with Crippen molar-refractivity contribution in [1.82, 2.24) is 25.4 Å². The molecular formula is C17H16N6O2. The lowest BCUT2D eigenvalue weighted by molar-refractivity contribution is 0.0949. The van der Waals surface area contributed by atoms with Gasteiger partial charge in [-0.25, -0.2) is 9.97 Å². The molecular weight excluding hydrogens is 320 g/mol. The first-order chi connectivity index (χ1) is 12.3. The van der Waals surface area contributed by atoms with Crippen LogP contribution in [0.5, 0.6) is 0 Å². The van der Waals surface area contributed by atoms with Gasteiger partial charge in [0.05, 0.1) is 12.1 Å². The Morgan fingerprint density at radius 2 is 1.92 bits per heavy atom. The summed E-state index contributed by atoms with van der Waals surface area (Å²) in [7, 11) is 0. The van der Waals surface area contributed by atoms with Crippen molar-refractivity contribution >= 4 is 17.5 Å². The van der Waals surface area contributed by atoms with Crippen LogP contribution in [0.2, 0.25) is 0 Å². The Morgan fingerprint density at radius 3 is 2.64 bits per heavy atom. The Bertz CT molecular complexity index is 858. The van der Waals surface area contributed by atoms with Gasteiger partial charge in [0.1, 0.15) is 0 Å². The third-order valence-electron chi connectivity index (χ3n) is 3.76. The van der Waals surface area contributed by atoms with Crippen LogP contribution in [0.1, 0.15) is 40.8 Å². The van der Waals surface area contributed by atoms with E-state index < -0.39 is 0 Å². The zero-order valence-corrected chi connectivity index (χ0v) is 13.3. The van der Waals surface area contributed by atoms with Crippen LogP contribution in [-0.4, -0.2) is 26.0 Å². The number of benzene rings is 1. The van der Waals surface area contributed by atoms with E-state index in [2.05, 4.69) is 30.7 Å². The minimum absolute atomic E-state index is 0.207. The van der Waals surface area contributed by atoms with E-state index in [1.165, 1.54) is 12.4 Å². The molecule has 2 N–H and O–H groups in total. The average Bonchev–Trinajstić information content (AvgIpc) is 3.39. The molecule has 0 radical (unpaired) electrons. The number of rotatable bonds is 6. The number of carbonyl (C=O) groups is 1. The van der Waals surface area contributed by atoms with E-state index >= 15 is 0 Å². The summed E-state index contributed by atoms with van der Waals surface area (Å²) in [6.07, 6.45) is 5.13. The average molecular weight is 336 g/mol. The fourth-order valence-corrected chi connectivity index (χ4v) is 2.26. The first-order valence-electron chi connectivity index (χ1n) is 8.03. The maximum atomic E-state index is 12.1. The molecule has 0 bridgehead atoms. The largest absolute Gasteiger partial charge is 0.345 e. The summed E-state index contributed by atoms with van der Waals surface area (Å²) in [5.41, 5.74) is 1.24. The minimum Gasteiger partial charge on any atom is -0.345 e. The zero-order chi connectivity index (χ0) is 17.1. The molecule has 1 aliphatic carbocycles. The Balaban J connectivity index is 1.33. The van der Waals surface area contributed by atoms with Crippen LogP contribution in [0, 0.1) is 0 Å². The second kappa shape index (κ2) is 6.68. The molecule has 25 heavy (non-hydrogen) atoms. The number of hydrogen-bond acceptors (Lipinski definition) is 7. The van der Waals surface area contributed by atoms with Gasteiger partial charge >= 0.3 is 0 Å². The normalized spacial score (nSPS) is 13.4. The number of nitrogens with one attached hydrogen (secondary N) is 2. The van der Waals surface area contributed by atoms with Crippen LogP contribution in [-0.2, 0) is 6.54 Å². The molecule has 0 spiro atoms. The Labute approximate surface area is 143 Å². The van der Waals surface area contributed by atoms with E-state index in [0.717, 1.165) is 18.5 Å². The van der Waals surface area contributed by atoms with Crippen molar-refractivity contribution in [2.24, 2.45) is 0 Å². The summed E-state index contributed by atoms with van der Waals surface area (Å²) in [5, 5.41) is 9.66. The molecule has 8 heteroatoms. The van der Waals surface area contributed by atoms with Crippen molar-refractivity contribution in [3.05, 3.63) is 60.0 Å². The van der Waals surface area contributed by atoms with Crippen molar-refractivity contribution < 1.29 is 9.32 Å². The monoisotopic (exact) mass is 336 g/mol. The Hall–Kier alpha value is -3.29. The van der Waals surface area contributed by atoms with Gasteiger partial charge in [-0.2, -0.15) is 4.98 Å². The highest BCUT2D eigenvalue weighted by atomic mass is 16.5. The van der Waals surface area contributed by atoms with Gasteiger partial charge in [0.25, 0.3) is 5.91 Å². The predicted octanol–water partition coefficient (Wildman–Crippen LogP) is 2.41. The molecule has 1 aliphatic rings. The van der Waals surface area contributed by atoms with Crippen LogP contribution in [0.25, 0.3) is 0 Å². The van der Waals surface area contributed by atoms with E-state index in [-0.39, 0.29) is 12.5 Å². The summed E-state index contributed by atoms with van der Waals surface area (Å²) in [4.78, 5) is 24.7. The van der Waals surface area contributed by atoms with Crippen molar-refractivity contribution in [1.29, 1.82) is 0 Å². The van der Waals surface area contributed by atoms with E-state index in [1.54, 1.807) is 0 Å². The van der Waals surface area contributed by atoms with Gasteiger partial charge in [-0.1, -0.05) is 23.4 Å². The zero-order valence-electron chi connectivity index (χ0n) is 13.3. The summed E-state index contributed by atoms with van der Waals surface area (Å²) < 4.78 is 5.15. The van der Waals surface area contributed by atoms with Gasteiger partial charge in [-0.15, -0.1) is 0 Å². The molecule has 0 unspecified atom stereocenters. The van der Waals surface area contributed by atoms with Crippen molar-refractivity contribution in [2.45, 2.75) is 25.3 Å². The first kappa shape index (κ1) is 15.3. The lowest BCUT2D eigenvalue weighted by Gasteiger charge is -2.05. The lowest BCUT2D eigenvalue weighted by Crippen LogP contribution is -2.23. The molecule has 0 saturated heterocycles. The summed E-state index contributed by atoms with van der Waals surface area (Å²) >= 11 is 0. The SMILES string of the molecule is O=C(NCc1noc(C2CC2)n1)c1cnc(Nc2ccccc2)nc1. The van der Waals surface area contributed by atoms with Crippen molar-refractivity contribution in [3.63, 3.8) is 0 Å². The standard InChI is InChI=1S/C17H16N6O2/c24-15(18-10-14-22-16(25-23-14)11-6-7-11)12-8-19-17(20-9-12)21-13-4-2-1-3-5-13/h1-5,8-9,11H,6-7,10H2,(H,18,24)(H,19,20,21). The van der Waals surface area contributed by atoms with Gasteiger partial charge in [0, 0.05) is 24.0 Å². The molecule has 4 rings (SSSR count). The number of amides is 1. The third-order valence-corrected chi connectivity index (χ3v) is 3.76. The molecule has 2 heterocycles. The van der Waals surface area contributed by atoms with Crippen LogP contribution in [0.3, 0.4) is 0 Å². The first-order valence-corrected chi connectivity index (χ1v) is 8.03. The summed E-state index contributed by atoms with van der Waals surface area (Å²) in [6.45, 7) is 0.207. The van der Waals surface area contributed by atoms with Crippen molar-refractivity contribution in [3.8, 4) is 0 Å². The highest BCUT2D eigenvalue weighted by molar-refractivity contribution is 5.93. The molecule has 3 aromatic rings. The topological polar surface area (TPSA) is 106 Å². The number of anilines is 2. The molecule has 1 saturated carbocycles. The molecule has 0 aliphatic heterocycles. The van der Waals surface area contributed by atoms with E-state index in [4.69, 9.17) is 4.52 Å². The highest BCUT2D eigenvalue weighted by Crippen LogP contribution is 2.38. The van der Waals surface area contributed by atoms with Gasteiger partial charge in [0.2, 0.25) is 11.8 Å². The molecule has 1 amide bonds. The lowest BCUT2D eigenvalue weighted by atomic mass is 10.3. The van der Waals surface area contributed by atoms with Gasteiger partial charge in [-0.3, -0.25) is 4.79 Å². The minimum atomic E-state index is -0.288. The Morgan fingerprint density at radius 1 is 1.16 bits per heavy atom. The number of para-hydroxylation sites is 1. The number of hydrogen-bond donors (Lipinski definition) is 2. The van der Waals surface area contributed by atoms with E-state index in [1.807, 2.05) is 30.3 Å². The van der Waals surface area contributed by atoms with Crippen LogP contribution in [0.4, 0.5) is 11.6 Å². The second-order valence-electron chi connectivity index (χ2n) is 5.79. The maximum Gasteiger partial charge on any atom is 0.254 e. The van der Waals surface area contributed by atoms with E-state index in [9.17, 15) is 4.79 Å². The molecule has 126 valence electrons. The van der Waals surface area contributed by atoms with Gasteiger partial charge < -0.3 is 15.2 Å². The molecule has 0 atom stereocenters. The summed E-state index contributed by atoms with van der Waals surface area (Å²) in [5.74, 6) is 1.66. The highest BCUT2D eigenvalue weighted by Gasteiger charge is 2.29. The fourth-order valence-electron chi connectivity index (χ4n) is 2.26. The third kappa shape index (κ3) is 3.79. The molecule has 2 aromatic heterocycles. The predicted molar refractivity (Wildman–Crippen MR) is 89.2 cm³/mol. The maximum absolute atomic E-state index is 12.1. The van der Waals surface area contributed by atoms with Gasteiger partial charge in [-0.05, 0) is 25.0 Å². The number of nitrogens with zero attached hydrogens (tertiary/aromatic N) is 4. The molecule has 8 nitrogen and oxygen atoms in total. The van der Waals surface area contributed by atoms with Crippen LogP contribution in [0.15, 0.2) is 47.2 Å². The van der Waals surface area contributed by atoms with Crippen LogP contribution < -0.4 is 10.6 Å².